The Kier molecular flexibility index (Phi) is 5.41. The molecule has 1 fully saturated rings. The zero-order valence-corrected chi connectivity index (χ0v) is 11.4. The molecule has 0 spiro atoms. The summed E-state index contributed by atoms with van der Waals surface area (Å²) in [7, 11) is 0. The molecule has 1 atom stereocenters. The summed E-state index contributed by atoms with van der Waals surface area (Å²) in [6.45, 7) is 3.97. The molecule has 1 saturated heterocycles. The zero-order chi connectivity index (χ0) is 12.3. The molecule has 2 heterocycles. The molecule has 1 aliphatic rings. The molecule has 2 N–H and O–H groups in total. The van der Waals surface area contributed by atoms with Crippen molar-refractivity contribution in [2.24, 2.45) is 5.92 Å². The lowest BCUT2D eigenvalue weighted by atomic mass is 10.00. The van der Waals surface area contributed by atoms with Crippen molar-refractivity contribution in [3.8, 4) is 0 Å². The predicted octanol–water partition coefficient (Wildman–Crippen LogP) is 1.89. The van der Waals surface area contributed by atoms with Gasteiger partial charge in [0.1, 0.15) is 0 Å². The molecule has 1 unspecified atom stereocenters. The Hall–Kier alpha value is -1.29. The number of carbonyl (C=O) groups is 1. The summed E-state index contributed by atoms with van der Waals surface area (Å²) in [5.41, 5.74) is 6.99. The maximum absolute atomic E-state index is 12.1. The highest BCUT2D eigenvalue weighted by Gasteiger charge is 2.20. The lowest BCUT2D eigenvalue weighted by Crippen LogP contribution is -2.40. The van der Waals surface area contributed by atoms with Crippen molar-refractivity contribution >= 4 is 24.0 Å². The summed E-state index contributed by atoms with van der Waals surface area (Å²) < 4.78 is 0. The Labute approximate surface area is 114 Å². The summed E-state index contributed by atoms with van der Waals surface area (Å²) in [6, 6.07) is 3.61. The smallest absolute Gasteiger partial charge is 0.228 e. The van der Waals surface area contributed by atoms with E-state index in [2.05, 4.69) is 11.9 Å². The third kappa shape index (κ3) is 3.88. The van der Waals surface area contributed by atoms with Gasteiger partial charge in [-0.2, -0.15) is 0 Å². The minimum Gasteiger partial charge on any atom is -0.397 e. The van der Waals surface area contributed by atoms with E-state index in [1.807, 2.05) is 11.0 Å². The number of anilines is 1. The number of carbonyl (C=O) groups excluding carboxylic acids is 1. The van der Waals surface area contributed by atoms with Crippen LogP contribution >= 0.6 is 12.4 Å². The van der Waals surface area contributed by atoms with Crippen molar-refractivity contribution in [1.29, 1.82) is 0 Å². The molecule has 0 radical (unpaired) electrons. The average molecular weight is 270 g/mol. The van der Waals surface area contributed by atoms with Gasteiger partial charge in [0.2, 0.25) is 5.91 Å². The topological polar surface area (TPSA) is 59.2 Å². The second-order valence-electron chi connectivity index (χ2n) is 4.85. The molecule has 0 aromatic carbocycles. The number of piperidine rings is 1. The lowest BCUT2D eigenvalue weighted by Gasteiger charge is -2.30. The second-order valence-corrected chi connectivity index (χ2v) is 4.85. The summed E-state index contributed by atoms with van der Waals surface area (Å²) in [5.74, 6) is 0.792. The summed E-state index contributed by atoms with van der Waals surface area (Å²) in [5, 5.41) is 0. The largest absolute Gasteiger partial charge is 0.397 e. The normalized spacial score (nSPS) is 19.2. The number of hydrogen-bond donors (Lipinski definition) is 1. The fourth-order valence-corrected chi connectivity index (χ4v) is 2.22. The van der Waals surface area contributed by atoms with Gasteiger partial charge < -0.3 is 10.6 Å². The van der Waals surface area contributed by atoms with E-state index in [-0.39, 0.29) is 18.3 Å². The summed E-state index contributed by atoms with van der Waals surface area (Å²) in [6.07, 6.45) is 4.32. The standard InChI is InChI=1S/C13H19N3O.ClH/c1-10-3-2-6-16(9-10)13(17)7-12-5-4-11(14)8-15-12;/h4-5,8,10H,2-3,6-7,9,14H2,1H3;1H. The quantitative estimate of drug-likeness (QED) is 0.892. The van der Waals surface area contributed by atoms with Crippen LogP contribution in [0.5, 0.6) is 0 Å². The van der Waals surface area contributed by atoms with E-state index in [9.17, 15) is 4.79 Å². The van der Waals surface area contributed by atoms with Gasteiger partial charge in [-0.25, -0.2) is 0 Å². The molecule has 2 rings (SSSR count). The summed E-state index contributed by atoms with van der Waals surface area (Å²) >= 11 is 0. The Morgan fingerprint density at radius 3 is 2.94 bits per heavy atom. The minimum atomic E-state index is 0. The number of nitrogen functional groups attached to an aromatic ring is 1. The van der Waals surface area contributed by atoms with Crippen molar-refractivity contribution < 1.29 is 4.79 Å². The SMILES string of the molecule is CC1CCCN(C(=O)Cc2ccc(N)cn2)C1.Cl. The number of hydrogen-bond acceptors (Lipinski definition) is 3. The Bertz CT molecular complexity index is 394. The second kappa shape index (κ2) is 6.59. The minimum absolute atomic E-state index is 0. The van der Waals surface area contributed by atoms with Gasteiger partial charge in [0.15, 0.2) is 0 Å². The Morgan fingerprint density at radius 2 is 2.33 bits per heavy atom. The van der Waals surface area contributed by atoms with Crippen LogP contribution in [0.25, 0.3) is 0 Å². The number of amides is 1. The van der Waals surface area contributed by atoms with Crippen molar-refractivity contribution in [2.45, 2.75) is 26.2 Å². The molecular formula is C13H20ClN3O. The third-order valence-electron chi connectivity index (χ3n) is 3.19. The molecule has 1 aromatic rings. The van der Waals surface area contributed by atoms with Crippen LogP contribution in [0.3, 0.4) is 0 Å². The van der Waals surface area contributed by atoms with Gasteiger partial charge in [0.05, 0.1) is 18.3 Å². The van der Waals surface area contributed by atoms with Crippen LogP contribution in [0, 0.1) is 5.92 Å². The first kappa shape index (κ1) is 14.8. The fraction of sp³-hybridized carbons (Fsp3) is 0.538. The van der Waals surface area contributed by atoms with E-state index < -0.39 is 0 Å². The maximum Gasteiger partial charge on any atom is 0.228 e. The highest BCUT2D eigenvalue weighted by Crippen LogP contribution is 2.16. The first-order chi connectivity index (χ1) is 8.15. The van der Waals surface area contributed by atoms with Gasteiger partial charge in [-0.1, -0.05) is 6.92 Å². The third-order valence-corrected chi connectivity index (χ3v) is 3.19. The van der Waals surface area contributed by atoms with Gasteiger partial charge in [0.25, 0.3) is 0 Å². The molecule has 1 amide bonds. The van der Waals surface area contributed by atoms with E-state index in [1.165, 1.54) is 6.42 Å². The molecule has 0 saturated carbocycles. The van der Waals surface area contributed by atoms with E-state index in [0.29, 0.717) is 18.0 Å². The van der Waals surface area contributed by atoms with E-state index in [1.54, 1.807) is 12.3 Å². The molecule has 1 aliphatic heterocycles. The molecule has 18 heavy (non-hydrogen) atoms. The van der Waals surface area contributed by atoms with E-state index in [0.717, 1.165) is 25.2 Å². The number of pyridine rings is 1. The molecule has 1 aromatic heterocycles. The lowest BCUT2D eigenvalue weighted by molar-refractivity contribution is -0.132. The molecule has 100 valence electrons. The van der Waals surface area contributed by atoms with Gasteiger partial charge in [-0.3, -0.25) is 9.78 Å². The van der Waals surface area contributed by atoms with Crippen LogP contribution in [0.2, 0.25) is 0 Å². The zero-order valence-electron chi connectivity index (χ0n) is 10.6. The van der Waals surface area contributed by atoms with Crippen molar-refractivity contribution in [3.63, 3.8) is 0 Å². The average Bonchev–Trinajstić information content (AvgIpc) is 2.32. The van der Waals surface area contributed by atoms with Crippen LogP contribution in [0.4, 0.5) is 5.69 Å². The fourth-order valence-electron chi connectivity index (χ4n) is 2.22. The van der Waals surface area contributed by atoms with Crippen LogP contribution in [-0.4, -0.2) is 28.9 Å². The van der Waals surface area contributed by atoms with Crippen molar-refractivity contribution in [3.05, 3.63) is 24.0 Å². The van der Waals surface area contributed by atoms with Gasteiger partial charge in [0, 0.05) is 18.8 Å². The molecule has 0 bridgehead atoms. The number of rotatable bonds is 2. The Morgan fingerprint density at radius 1 is 1.56 bits per heavy atom. The van der Waals surface area contributed by atoms with Crippen LogP contribution in [-0.2, 0) is 11.2 Å². The molecule has 5 heteroatoms. The number of halogens is 1. The van der Waals surface area contributed by atoms with E-state index in [4.69, 9.17) is 5.73 Å². The summed E-state index contributed by atoms with van der Waals surface area (Å²) in [4.78, 5) is 18.2. The number of nitrogens with zero attached hydrogens (tertiary/aromatic N) is 2. The van der Waals surface area contributed by atoms with E-state index >= 15 is 0 Å². The van der Waals surface area contributed by atoms with Crippen molar-refractivity contribution in [1.82, 2.24) is 9.88 Å². The van der Waals surface area contributed by atoms with Crippen molar-refractivity contribution in [2.75, 3.05) is 18.8 Å². The maximum atomic E-state index is 12.1. The first-order valence-corrected chi connectivity index (χ1v) is 6.13. The monoisotopic (exact) mass is 269 g/mol. The Balaban J connectivity index is 0.00000162. The van der Waals surface area contributed by atoms with Crippen LogP contribution in [0.15, 0.2) is 18.3 Å². The highest BCUT2D eigenvalue weighted by atomic mass is 35.5. The van der Waals surface area contributed by atoms with Crippen LogP contribution < -0.4 is 5.73 Å². The number of aromatic nitrogens is 1. The highest BCUT2D eigenvalue weighted by molar-refractivity contribution is 5.85. The molecule has 0 aliphatic carbocycles. The van der Waals surface area contributed by atoms with Gasteiger partial charge >= 0.3 is 0 Å². The van der Waals surface area contributed by atoms with Gasteiger partial charge in [-0.05, 0) is 30.9 Å². The molecule has 4 nitrogen and oxygen atoms in total. The van der Waals surface area contributed by atoms with Crippen LogP contribution in [0.1, 0.15) is 25.5 Å². The van der Waals surface area contributed by atoms with Gasteiger partial charge in [-0.15, -0.1) is 12.4 Å². The number of nitrogens with two attached hydrogens (primary N) is 1. The first-order valence-electron chi connectivity index (χ1n) is 6.13. The number of likely N-dealkylation sites (tertiary alicyclic amines) is 1. The molecular weight excluding hydrogens is 250 g/mol. The predicted molar refractivity (Wildman–Crippen MR) is 74.6 cm³/mol.